The SMILES string of the molecule is CC(NC(=O)C1CNCC1C)c1ccccc1Br. The van der Waals surface area contributed by atoms with E-state index in [1.165, 1.54) is 0 Å². The summed E-state index contributed by atoms with van der Waals surface area (Å²) in [5, 5.41) is 6.36. The molecule has 0 spiro atoms. The van der Waals surface area contributed by atoms with Crippen molar-refractivity contribution in [2.24, 2.45) is 11.8 Å². The van der Waals surface area contributed by atoms with E-state index in [0.717, 1.165) is 23.1 Å². The third kappa shape index (κ3) is 2.93. The van der Waals surface area contributed by atoms with E-state index >= 15 is 0 Å². The van der Waals surface area contributed by atoms with Gasteiger partial charge in [-0.25, -0.2) is 0 Å². The van der Waals surface area contributed by atoms with E-state index in [-0.39, 0.29) is 17.9 Å². The highest BCUT2D eigenvalue weighted by Gasteiger charge is 2.30. The molecule has 1 aromatic carbocycles. The smallest absolute Gasteiger partial charge is 0.225 e. The third-order valence-corrected chi connectivity index (χ3v) is 4.31. The van der Waals surface area contributed by atoms with Gasteiger partial charge in [-0.05, 0) is 31.0 Å². The second-order valence-corrected chi connectivity index (χ2v) is 5.85. The molecule has 1 aliphatic heterocycles. The Bertz CT molecular complexity index is 436. The van der Waals surface area contributed by atoms with Crippen LogP contribution in [0.5, 0.6) is 0 Å². The van der Waals surface area contributed by atoms with Gasteiger partial charge in [0.1, 0.15) is 0 Å². The summed E-state index contributed by atoms with van der Waals surface area (Å²) in [6, 6.07) is 8.03. The molecular weight excluding hydrogens is 292 g/mol. The number of amides is 1. The molecule has 0 saturated carbocycles. The summed E-state index contributed by atoms with van der Waals surface area (Å²) >= 11 is 3.52. The van der Waals surface area contributed by atoms with Gasteiger partial charge in [-0.15, -0.1) is 0 Å². The maximum absolute atomic E-state index is 12.2. The van der Waals surface area contributed by atoms with Gasteiger partial charge in [-0.2, -0.15) is 0 Å². The van der Waals surface area contributed by atoms with E-state index in [9.17, 15) is 4.79 Å². The minimum absolute atomic E-state index is 0.0286. The van der Waals surface area contributed by atoms with Crippen molar-refractivity contribution in [3.05, 3.63) is 34.3 Å². The van der Waals surface area contributed by atoms with E-state index in [0.29, 0.717) is 5.92 Å². The van der Waals surface area contributed by atoms with Crippen LogP contribution in [0.4, 0.5) is 0 Å². The number of benzene rings is 1. The second-order valence-electron chi connectivity index (χ2n) is 4.99. The maximum Gasteiger partial charge on any atom is 0.225 e. The van der Waals surface area contributed by atoms with Crippen LogP contribution in [-0.4, -0.2) is 19.0 Å². The normalized spacial score (nSPS) is 24.8. The number of carbonyl (C=O) groups is 1. The Balaban J connectivity index is 2.01. The van der Waals surface area contributed by atoms with Crippen molar-refractivity contribution in [1.82, 2.24) is 10.6 Å². The molecule has 2 rings (SSSR count). The van der Waals surface area contributed by atoms with Gasteiger partial charge in [0.2, 0.25) is 5.91 Å². The number of hydrogen-bond donors (Lipinski definition) is 2. The molecule has 3 atom stereocenters. The molecule has 1 amide bonds. The van der Waals surface area contributed by atoms with Gasteiger partial charge < -0.3 is 10.6 Å². The lowest BCUT2D eigenvalue weighted by molar-refractivity contribution is -0.126. The fourth-order valence-corrected chi connectivity index (χ4v) is 3.01. The van der Waals surface area contributed by atoms with Gasteiger partial charge in [-0.3, -0.25) is 4.79 Å². The van der Waals surface area contributed by atoms with E-state index in [1.807, 2.05) is 31.2 Å². The number of rotatable bonds is 3. The van der Waals surface area contributed by atoms with Crippen molar-refractivity contribution in [2.45, 2.75) is 19.9 Å². The Kier molecular flexibility index (Phi) is 4.40. The Morgan fingerprint density at radius 3 is 2.78 bits per heavy atom. The van der Waals surface area contributed by atoms with Crippen molar-refractivity contribution >= 4 is 21.8 Å². The molecule has 1 heterocycles. The quantitative estimate of drug-likeness (QED) is 0.900. The highest BCUT2D eigenvalue weighted by molar-refractivity contribution is 9.10. The predicted molar refractivity (Wildman–Crippen MR) is 76.2 cm³/mol. The zero-order chi connectivity index (χ0) is 13.1. The molecule has 0 radical (unpaired) electrons. The van der Waals surface area contributed by atoms with Gasteiger partial charge in [0, 0.05) is 11.0 Å². The number of halogens is 1. The van der Waals surface area contributed by atoms with Crippen molar-refractivity contribution in [2.75, 3.05) is 13.1 Å². The van der Waals surface area contributed by atoms with Crippen molar-refractivity contribution in [1.29, 1.82) is 0 Å². The zero-order valence-electron chi connectivity index (χ0n) is 10.7. The van der Waals surface area contributed by atoms with E-state index in [1.54, 1.807) is 0 Å². The van der Waals surface area contributed by atoms with Gasteiger partial charge >= 0.3 is 0 Å². The summed E-state index contributed by atoms with van der Waals surface area (Å²) in [5.74, 6) is 0.655. The number of carbonyl (C=O) groups excluding carboxylic acids is 1. The topological polar surface area (TPSA) is 41.1 Å². The van der Waals surface area contributed by atoms with Crippen LogP contribution in [0, 0.1) is 11.8 Å². The molecule has 1 fully saturated rings. The van der Waals surface area contributed by atoms with Crippen molar-refractivity contribution in [3.63, 3.8) is 0 Å². The molecule has 2 N–H and O–H groups in total. The summed E-state index contributed by atoms with van der Waals surface area (Å²) in [5.41, 5.74) is 1.12. The van der Waals surface area contributed by atoms with Crippen molar-refractivity contribution in [3.8, 4) is 0 Å². The lowest BCUT2D eigenvalue weighted by atomic mass is 9.96. The minimum Gasteiger partial charge on any atom is -0.349 e. The van der Waals surface area contributed by atoms with Gasteiger partial charge in [0.05, 0.1) is 12.0 Å². The highest BCUT2D eigenvalue weighted by atomic mass is 79.9. The van der Waals surface area contributed by atoms with Crippen LogP contribution in [0.1, 0.15) is 25.5 Å². The number of hydrogen-bond acceptors (Lipinski definition) is 2. The zero-order valence-corrected chi connectivity index (χ0v) is 12.3. The fraction of sp³-hybridized carbons (Fsp3) is 0.500. The Labute approximate surface area is 116 Å². The van der Waals surface area contributed by atoms with Crippen LogP contribution < -0.4 is 10.6 Å². The Morgan fingerprint density at radius 2 is 2.17 bits per heavy atom. The van der Waals surface area contributed by atoms with Crippen LogP contribution in [0.15, 0.2) is 28.7 Å². The van der Waals surface area contributed by atoms with E-state index in [4.69, 9.17) is 0 Å². The first kappa shape index (κ1) is 13.6. The van der Waals surface area contributed by atoms with Crippen LogP contribution in [0.2, 0.25) is 0 Å². The predicted octanol–water partition coefficient (Wildman–Crippen LogP) is 2.48. The lowest BCUT2D eigenvalue weighted by Gasteiger charge is -2.20. The van der Waals surface area contributed by atoms with Crippen LogP contribution in [0.3, 0.4) is 0 Å². The van der Waals surface area contributed by atoms with Gasteiger partial charge in [0.15, 0.2) is 0 Å². The Morgan fingerprint density at radius 1 is 1.44 bits per heavy atom. The molecule has 1 aliphatic rings. The molecule has 0 bridgehead atoms. The first-order chi connectivity index (χ1) is 8.59. The molecule has 3 unspecified atom stereocenters. The molecule has 1 aromatic rings. The summed E-state index contributed by atoms with van der Waals surface area (Å²) in [6.07, 6.45) is 0. The summed E-state index contributed by atoms with van der Waals surface area (Å²) < 4.78 is 1.04. The second kappa shape index (κ2) is 5.85. The first-order valence-corrected chi connectivity index (χ1v) is 7.14. The third-order valence-electron chi connectivity index (χ3n) is 3.58. The Hall–Kier alpha value is -0.870. The largest absolute Gasteiger partial charge is 0.349 e. The monoisotopic (exact) mass is 310 g/mol. The van der Waals surface area contributed by atoms with Gasteiger partial charge in [0.25, 0.3) is 0 Å². The lowest BCUT2D eigenvalue weighted by Crippen LogP contribution is -2.36. The van der Waals surface area contributed by atoms with E-state index in [2.05, 4.69) is 33.5 Å². The average Bonchev–Trinajstić information content (AvgIpc) is 2.76. The standard InChI is InChI=1S/C14H19BrN2O/c1-9-7-16-8-12(9)14(18)17-10(2)11-5-3-4-6-13(11)15/h3-6,9-10,12,16H,7-8H2,1-2H3,(H,17,18). The summed E-state index contributed by atoms with van der Waals surface area (Å²) in [7, 11) is 0. The minimum atomic E-state index is 0.0286. The molecular formula is C14H19BrN2O. The number of nitrogens with one attached hydrogen (secondary N) is 2. The molecule has 4 heteroatoms. The first-order valence-electron chi connectivity index (χ1n) is 6.35. The maximum atomic E-state index is 12.2. The highest BCUT2D eigenvalue weighted by Crippen LogP contribution is 2.24. The fourth-order valence-electron chi connectivity index (χ4n) is 2.39. The molecule has 18 heavy (non-hydrogen) atoms. The van der Waals surface area contributed by atoms with Crippen LogP contribution >= 0.6 is 15.9 Å². The summed E-state index contributed by atoms with van der Waals surface area (Å²) in [6.45, 7) is 5.86. The van der Waals surface area contributed by atoms with Crippen LogP contribution in [-0.2, 0) is 4.79 Å². The molecule has 0 aromatic heterocycles. The van der Waals surface area contributed by atoms with Crippen molar-refractivity contribution < 1.29 is 4.79 Å². The molecule has 98 valence electrons. The van der Waals surface area contributed by atoms with Gasteiger partial charge in [-0.1, -0.05) is 41.1 Å². The van der Waals surface area contributed by atoms with E-state index < -0.39 is 0 Å². The average molecular weight is 311 g/mol. The van der Waals surface area contributed by atoms with Crippen LogP contribution in [0.25, 0.3) is 0 Å². The molecule has 3 nitrogen and oxygen atoms in total. The molecule has 1 saturated heterocycles. The molecule has 0 aliphatic carbocycles. The summed E-state index contributed by atoms with van der Waals surface area (Å²) in [4.78, 5) is 12.2.